The van der Waals surface area contributed by atoms with Crippen molar-refractivity contribution in [2.24, 2.45) is 0 Å². The standard InChI is InChI=1S/C13H11IN2O4S/c14-11-5-7-12(8-6-11)15-21(19,20)9-10-3-1-2-4-13(10)16(17)18/h1-8,15H,9H2. The summed E-state index contributed by atoms with van der Waals surface area (Å²) < 4.78 is 27.6. The molecule has 2 aromatic rings. The zero-order chi connectivity index (χ0) is 15.5. The first-order valence-electron chi connectivity index (χ1n) is 5.86. The number of nitrogens with zero attached hydrogens (tertiary/aromatic N) is 1. The second-order valence-electron chi connectivity index (χ2n) is 4.25. The molecule has 0 radical (unpaired) electrons. The third-order valence-electron chi connectivity index (χ3n) is 2.65. The Hall–Kier alpha value is -1.68. The second-order valence-corrected chi connectivity index (χ2v) is 7.22. The van der Waals surface area contributed by atoms with E-state index in [0.29, 0.717) is 5.69 Å². The maximum Gasteiger partial charge on any atom is 0.273 e. The summed E-state index contributed by atoms with van der Waals surface area (Å²) in [6.07, 6.45) is 0. The summed E-state index contributed by atoms with van der Waals surface area (Å²) in [5.41, 5.74) is 0.375. The average Bonchev–Trinajstić information content (AvgIpc) is 2.41. The van der Waals surface area contributed by atoms with Crippen LogP contribution >= 0.6 is 22.6 Å². The number of nitro benzene ring substituents is 1. The smallest absolute Gasteiger partial charge is 0.273 e. The molecule has 110 valence electrons. The summed E-state index contributed by atoms with van der Waals surface area (Å²) in [7, 11) is -3.71. The van der Waals surface area contributed by atoms with E-state index in [4.69, 9.17) is 0 Å². The number of benzene rings is 2. The van der Waals surface area contributed by atoms with Crippen LogP contribution in [0.15, 0.2) is 48.5 Å². The van der Waals surface area contributed by atoms with E-state index in [1.165, 1.54) is 18.2 Å². The summed E-state index contributed by atoms with van der Waals surface area (Å²) in [4.78, 5) is 10.3. The Balaban J connectivity index is 2.22. The van der Waals surface area contributed by atoms with Crippen LogP contribution in [0.4, 0.5) is 11.4 Å². The van der Waals surface area contributed by atoms with E-state index in [0.717, 1.165) is 3.57 Å². The highest BCUT2D eigenvalue weighted by Crippen LogP contribution is 2.21. The van der Waals surface area contributed by atoms with E-state index in [1.807, 2.05) is 0 Å². The van der Waals surface area contributed by atoms with Gasteiger partial charge in [-0.15, -0.1) is 0 Å². The third-order valence-corrected chi connectivity index (χ3v) is 4.61. The van der Waals surface area contributed by atoms with Crippen LogP contribution in [0.3, 0.4) is 0 Å². The molecule has 0 heterocycles. The molecule has 2 aromatic carbocycles. The molecule has 0 aromatic heterocycles. The fourth-order valence-corrected chi connectivity index (χ4v) is 3.33. The molecule has 1 N–H and O–H groups in total. The van der Waals surface area contributed by atoms with Crippen molar-refractivity contribution in [2.45, 2.75) is 5.75 Å². The molecular weight excluding hydrogens is 407 g/mol. The highest BCUT2D eigenvalue weighted by atomic mass is 127. The second kappa shape index (κ2) is 6.39. The van der Waals surface area contributed by atoms with Gasteiger partial charge in [-0.05, 0) is 46.9 Å². The number of anilines is 1. The van der Waals surface area contributed by atoms with E-state index in [-0.39, 0.29) is 11.3 Å². The Morgan fingerprint density at radius 2 is 1.71 bits per heavy atom. The van der Waals surface area contributed by atoms with Crippen LogP contribution in [-0.2, 0) is 15.8 Å². The molecule has 0 atom stereocenters. The molecule has 0 fully saturated rings. The van der Waals surface area contributed by atoms with Gasteiger partial charge in [0, 0.05) is 20.9 Å². The highest BCUT2D eigenvalue weighted by Gasteiger charge is 2.19. The van der Waals surface area contributed by atoms with Crippen LogP contribution in [0.25, 0.3) is 0 Å². The Labute approximate surface area is 135 Å². The van der Waals surface area contributed by atoms with Gasteiger partial charge in [0.05, 0.1) is 4.92 Å². The van der Waals surface area contributed by atoms with Crippen molar-refractivity contribution < 1.29 is 13.3 Å². The number of para-hydroxylation sites is 1. The van der Waals surface area contributed by atoms with Gasteiger partial charge in [0.1, 0.15) is 5.75 Å². The van der Waals surface area contributed by atoms with Gasteiger partial charge in [0.25, 0.3) is 5.69 Å². The first kappa shape index (κ1) is 15.7. The monoisotopic (exact) mass is 418 g/mol. The Bertz CT molecular complexity index is 760. The Morgan fingerprint density at radius 3 is 2.33 bits per heavy atom. The number of halogens is 1. The van der Waals surface area contributed by atoms with Crippen LogP contribution < -0.4 is 4.72 Å². The first-order valence-corrected chi connectivity index (χ1v) is 8.59. The summed E-state index contributed by atoms with van der Waals surface area (Å²) in [6.45, 7) is 0. The minimum Gasteiger partial charge on any atom is -0.283 e. The Kier molecular flexibility index (Phi) is 4.78. The summed E-state index contributed by atoms with van der Waals surface area (Å²) in [6, 6.07) is 12.6. The number of nitro groups is 1. The number of rotatable bonds is 5. The fraction of sp³-hybridized carbons (Fsp3) is 0.0769. The molecule has 0 spiro atoms. The minimum atomic E-state index is -3.71. The number of hydrogen-bond acceptors (Lipinski definition) is 4. The molecule has 0 bridgehead atoms. The molecule has 0 aliphatic rings. The zero-order valence-corrected chi connectivity index (χ0v) is 13.7. The lowest BCUT2D eigenvalue weighted by atomic mass is 10.2. The van der Waals surface area contributed by atoms with Gasteiger partial charge < -0.3 is 0 Å². The van der Waals surface area contributed by atoms with Crippen LogP contribution in [-0.4, -0.2) is 13.3 Å². The molecule has 2 rings (SSSR count). The summed E-state index contributed by atoms with van der Waals surface area (Å²) in [5.74, 6) is -0.448. The number of nitrogens with one attached hydrogen (secondary N) is 1. The molecular formula is C13H11IN2O4S. The SMILES string of the molecule is O=[N+]([O-])c1ccccc1CS(=O)(=O)Nc1ccc(I)cc1. The average molecular weight is 418 g/mol. The van der Waals surface area contributed by atoms with Gasteiger partial charge in [-0.2, -0.15) is 0 Å². The van der Waals surface area contributed by atoms with Crippen molar-refractivity contribution in [1.29, 1.82) is 0 Å². The van der Waals surface area contributed by atoms with Gasteiger partial charge in [0.2, 0.25) is 10.0 Å². The summed E-state index contributed by atoms with van der Waals surface area (Å²) >= 11 is 2.11. The fourth-order valence-electron chi connectivity index (χ4n) is 1.75. The maximum atomic E-state index is 12.1. The van der Waals surface area contributed by atoms with Crippen molar-refractivity contribution in [3.63, 3.8) is 0 Å². The number of hydrogen-bond donors (Lipinski definition) is 1. The molecule has 0 aliphatic carbocycles. The van der Waals surface area contributed by atoms with Crippen molar-refractivity contribution >= 4 is 44.0 Å². The van der Waals surface area contributed by atoms with Gasteiger partial charge in [-0.1, -0.05) is 18.2 Å². The molecule has 0 unspecified atom stereocenters. The van der Waals surface area contributed by atoms with E-state index in [2.05, 4.69) is 27.3 Å². The molecule has 0 amide bonds. The van der Waals surface area contributed by atoms with Crippen molar-refractivity contribution in [2.75, 3.05) is 4.72 Å². The topological polar surface area (TPSA) is 89.3 Å². The van der Waals surface area contributed by atoms with Gasteiger partial charge in [-0.25, -0.2) is 8.42 Å². The van der Waals surface area contributed by atoms with Crippen molar-refractivity contribution in [3.8, 4) is 0 Å². The lowest BCUT2D eigenvalue weighted by Gasteiger charge is -2.08. The van der Waals surface area contributed by atoms with Gasteiger partial charge >= 0.3 is 0 Å². The van der Waals surface area contributed by atoms with E-state index in [9.17, 15) is 18.5 Å². The molecule has 6 nitrogen and oxygen atoms in total. The van der Waals surface area contributed by atoms with Crippen LogP contribution in [0, 0.1) is 13.7 Å². The Morgan fingerprint density at radius 1 is 1.10 bits per heavy atom. The lowest BCUT2D eigenvalue weighted by molar-refractivity contribution is -0.385. The first-order chi connectivity index (χ1) is 9.87. The summed E-state index contributed by atoms with van der Waals surface area (Å²) in [5, 5.41) is 10.9. The van der Waals surface area contributed by atoms with Crippen LogP contribution in [0.1, 0.15) is 5.56 Å². The van der Waals surface area contributed by atoms with Crippen LogP contribution in [0.5, 0.6) is 0 Å². The molecule has 0 saturated heterocycles. The number of sulfonamides is 1. The van der Waals surface area contributed by atoms with Crippen molar-refractivity contribution in [3.05, 3.63) is 67.8 Å². The van der Waals surface area contributed by atoms with E-state index < -0.39 is 20.7 Å². The largest absolute Gasteiger partial charge is 0.283 e. The molecule has 8 heteroatoms. The minimum absolute atomic E-state index is 0.153. The maximum absolute atomic E-state index is 12.1. The quantitative estimate of drug-likeness (QED) is 0.459. The lowest BCUT2D eigenvalue weighted by Crippen LogP contribution is -2.15. The predicted octanol–water partition coefficient (Wildman–Crippen LogP) is 3.14. The molecule has 0 aliphatic heterocycles. The predicted molar refractivity (Wildman–Crippen MR) is 88.5 cm³/mol. The van der Waals surface area contributed by atoms with Crippen molar-refractivity contribution in [1.82, 2.24) is 0 Å². The van der Waals surface area contributed by atoms with Gasteiger partial charge in [0.15, 0.2) is 0 Å². The van der Waals surface area contributed by atoms with E-state index in [1.54, 1.807) is 30.3 Å². The molecule has 0 saturated carbocycles. The third kappa shape index (κ3) is 4.39. The van der Waals surface area contributed by atoms with E-state index >= 15 is 0 Å². The normalized spacial score (nSPS) is 11.1. The zero-order valence-electron chi connectivity index (χ0n) is 10.7. The van der Waals surface area contributed by atoms with Crippen LogP contribution in [0.2, 0.25) is 0 Å². The van der Waals surface area contributed by atoms with Gasteiger partial charge in [-0.3, -0.25) is 14.8 Å². The highest BCUT2D eigenvalue weighted by molar-refractivity contribution is 14.1. The molecule has 21 heavy (non-hydrogen) atoms.